The summed E-state index contributed by atoms with van der Waals surface area (Å²) in [7, 11) is 0. The number of carbonyl (C=O) groups excluding carboxylic acids is 1. The summed E-state index contributed by atoms with van der Waals surface area (Å²) in [5.74, 6) is 0.187. The molecule has 1 fully saturated rings. The highest BCUT2D eigenvalue weighted by Gasteiger charge is 2.28. The minimum Gasteiger partial charge on any atom is -0.372 e. The molecule has 0 N–H and O–H groups in total. The number of hydrogen-bond donors (Lipinski definition) is 0. The van der Waals surface area contributed by atoms with Crippen LogP contribution in [0.4, 0.5) is 0 Å². The fourth-order valence-electron chi connectivity index (χ4n) is 3.14. The molecule has 6 heteroatoms. The van der Waals surface area contributed by atoms with Gasteiger partial charge in [-0.2, -0.15) is 0 Å². The summed E-state index contributed by atoms with van der Waals surface area (Å²) < 4.78 is 11.3. The summed E-state index contributed by atoms with van der Waals surface area (Å²) in [4.78, 5) is 18.7. The van der Waals surface area contributed by atoms with Gasteiger partial charge in [0.05, 0.1) is 18.1 Å². The molecule has 6 nitrogen and oxygen atoms in total. The van der Waals surface area contributed by atoms with Gasteiger partial charge < -0.3 is 14.2 Å². The second kappa shape index (κ2) is 7.03. The zero-order valence-electron chi connectivity index (χ0n) is 13.8. The maximum absolute atomic E-state index is 12.8. The molecule has 0 spiro atoms. The molecule has 1 aliphatic rings. The maximum Gasteiger partial charge on any atom is 0.293 e. The molecule has 0 unspecified atom stereocenters. The Bertz CT molecular complexity index is 862. The molecule has 2 aromatic heterocycles. The van der Waals surface area contributed by atoms with Gasteiger partial charge in [-0.05, 0) is 36.6 Å². The average Bonchev–Trinajstić information content (AvgIpc) is 3.11. The molecule has 1 atom stereocenters. The predicted octanol–water partition coefficient (Wildman–Crippen LogP) is 3.04. The Morgan fingerprint density at radius 1 is 1.28 bits per heavy atom. The number of likely N-dealkylation sites (tertiary alicyclic amines) is 1. The van der Waals surface area contributed by atoms with Gasteiger partial charge in [0.15, 0.2) is 0 Å². The van der Waals surface area contributed by atoms with Gasteiger partial charge in [0.2, 0.25) is 5.76 Å². The smallest absolute Gasteiger partial charge is 0.293 e. The van der Waals surface area contributed by atoms with Gasteiger partial charge in [-0.1, -0.05) is 23.4 Å². The fourth-order valence-corrected chi connectivity index (χ4v) is 3.14. The van der Waals surface area contributed by atoms with Crippen LogP contribution in [0, 0.1) is 0 Å². The van der Waals surface area contributed by atoms with Crippen LogP contribution in [0.25, 0.3) is 10.9 Å². The van der Waals surface area contributed by atoms with Crippen LogP contribution < -0.4 is 0 Å². The second-order valence-electron chi connectivity index (χ2n) is 6.22. The van der Waals surface area contributed by atoms with E-state index in [-0.39, 0.29) is 12.0 Å². The number of aromatic nitrogens is 2. The standard InChI is InChI=1S/C19H19N3O3/c23-19(18-16-7-1-2-8-17(16)21-25-18)22-10-4-6-15(12-22)24-13-14-5-3-9-20-11-14/h1-3,5,7-9,11,15H,4,6,10,12-13H2/t15-/m0/s1. The lowest BCUT2D eigenvalue weighted by Gasteiger charge is -2.32. The molecule has 0 saturated carbocycles. The Morgan fingerprint density at radius 2 is 2.20 bits per heavy atom. The molecule has 0 radical (unpaired) electrons. The average molecular weight is 337 g/mol. The number of nitrogens with zero attached hydrogens (tertiary/aromatic N) is 3. The zero-order valence-corrected chi connectivity index (χ0v) is 13.8. The van der Waals surface area contributed by atoms with Crippen LogP contribution in [0.15, 0.2) is 53.3 Å². The van der Waals surface area contributed by atoms with Gasteiger partial charge in [-0.25, -0.2) is 0 Å². The molecule has 4 rings (SSSR count). The topological polar surface area (TPSA) is 68.5 Å². The normalized spacial score (nSPS) is 17.8. The number of amides is 1. The Balaban J connectivity index is 1.43. The molecule has 1 amide bonds. The molecular weight excluding hydrogens is 318 g/mol. The number of fused-ring (bicyclic) bond motifs is 1. The largest absolute Gasteiger partial charge is 0.372 e. The minimum atomic E-state index is -0.122. The third-order valence-corrected chi connectivity index (χ3v) is 4.45. The molecule has 3 aromatic rings. The lowest BCUT2D eigenvalue weighted by atomic mass is 10.1. The lowest BCUT2D eigenvalue weighted by Crippen LogP contribution is -2.43. The Morgan fingerprint density at radius 3 is 3.08 bits per heavy atom. The van der Waals surface area contributed by atoms with Crippen molar-refractivity contribution < 1.29 is 14.1 Å². The van der Waals surface area contributed by atoms with E-state index in [0.717, 1.165) is 23.8 Å². The fraction of sp³-hybridized carbons (Fsp3) is 0.316. The van der Waals surface area contributed by atoms with E-state index in [4.69, 9.17) is 9.26 Å². The number of ether oxygens (including phenoxy) is 1. The summed E-state index contributed by atoms with van der Waals surface area (Å²) >= 11 is 0. The molecule has 1 aliphatic heterocycles. The van der Waals surface area contributed by atoms with Crippen molar-refractivity contribution in [2.75, 3.05) is 13.1 Å². The summed E-state index contributed by atoms with van der Waals surface area (Å²) in [6, 6.07) is 11.3. The van der Waals surface area contributed by atoms with Crippen molar-refractivity contribution in [1.29, 1.82) is 0 Å². The number of piperidine rings is 1. The number of rotatable bonds is 4. The Labute approximate surface area is 145 Å². The van der Waals surface area contributed by atoms with Gasteiger partial charge in [-0.3, -0.25) is 9.78 Å². The zero-order chi connectivity index (χ0) is 17.1. The van der Waals surface area contributed by atoms with Crippen molar-refractivity contribution in [2.24, 2.45) is 0 Å². The highest BCUT2D eigenvalue weighted by molar-refractivity contribution is 6.03. The summed E-state index contributed by atoms with van der Waals surface area (Å²) in [5, 5.41) is 4.72. The van der Waals surface area contributed by atoms with Crippen LogP contribution in [0.5, 0.6) is 0 Å². The second-order valence-corrected chi connectivity index (χ2v) is 6.22. The molecule has 25 heavy (non-hydrogen) atoms. The van der Waals surface area contributed by atoms with Gasteiger partial charge in [-0.15, -0.1) is 0 Å². The van der Waals surface area contributed by atoms with Crippen molar-refractivity contribution >= 4 is 16.8 Å². The van der Waals surface area contributed by atoms with Gasteiger partial charge in [0, 0.05) is 25.5 Å². The van der Waals surface area contributed by atoms with Crippen molar-refractivity contribution in [3.8, 4) is 0 Å². The highest BCUT2D eigenvalue weighted by atomic mass is 16.5. The highest BCUT2D eigenvalue weighted by Crippen LogP contribution is 2.22. The van der Waals surface area contributed by atoms with E-state index in [2.05, 4.69) is 10.1 Å². The number of carbonyl (C=O) groups is 1. The predicted molar refractivity (Wildman–Crippen MR) is 92.0 cm³/mol. The first-order valence-electron chi connectivity index (χ1n) is 8.45. The maximum atomic E-state index is 12.8. The molecular formula is C19H19N3O3. The molecule has 1 saturated heterocycles. The van der Waals surface area contributed by atoms with Crippen LogP contribution in [-0.2, 0) is 11.3 Å². The van der Waals surface area contributed by atoms with Gasteiger partial charge in [0.25, 0.3) is 5.91 Å². The molecule has 0 aliphatic carbocycles. The van der Waals surface area contributed by atoms with Crippen molar-refractivity contribution in [2.45, 2.75) is 25.6 Å². The Kier molecular flexibility index (Phi) is 4.43. The van der Waals surface area contributed by atoms with E-state index in [1.54, 1.807) is 17.3 Å². The summed E-state index contributed by atoms with van der Waals surface area (Å²) in [5.41, 5.74) is 1.74. The first-order valence-corrected chi connectivity index (χ1v) is 8.45. The van der Waals surface area contributed by atoms with E-state index in [9.17, 15) is 4.79 Å². The first-order chi connectivity index (χ1) is 12.3. The molecule has 128 valence electrons. The molecule has 1 aromatic carbocycles. The van der Waals surface area contributed by atoms with E-state index in [0.29, 0.717) is 31.0 Å². The molecule has 0 bridgehead atoms. The Hall–Kier alpha value is -2.73. The van der Waals surface area contributed by atoms with E-state index >= 15 is 0 Å². The van der Waals surface area contributed by atoms with E-state index in [1.165, 1.54) is 0 Å². The molecule has 3 heterocycles. The van der Waals surface area contributed by atoms with Crippen LogP contribution in [0.2, 0.25) is 0 Å². The van der Waals surface area contributed by atoms with Crippen molar-refractivity contribution in [3.05, 3.63) is 60.1 Å². The van der Waals surface area contributed by atoms with Crippen molar-refractivity contribution in [3.63, 3.8) is 0 Å². The lowest BCUT2D eigenvalue weighted by molar-refractivity contribution is -0.00775. The SMILES string of the molecule is O=C(c1onc2ccccc12)N1CCC[C@H](OCc2cccnc2)C1. The number of hydrogen-bond acceptors (Lipinski definition) is 5. The van der Waals surface area contributed by atoms with Gasteiger partial charge in [0.1, 0.15) is 5.52 Å². The monoisotopic (exact) mass is 337 g/mol. The third-order valence-electron chi connectivity index (χ3n) is 4.45. The first kappa shape index (κ1) is 15.8. The number of pyridine rings is 1. The minimum absolute atomic E-state index is 0.0205. The number of benzene rings is 1. The summed E-state index contributed by atoms with van der Waals surface area (Å²) in [6.07, 6.45) is 5.42. The quantitative estimate of drug-likeness (QED) is 0.732. The van der Waals surface area contributed by atoms with Crippen LogP contribution in [0.1, 0.15) is 29.0 Å². The van der Waals surface area contributed by atoms with Crippen LogP contribution >= 0.6 is 0 Å². The van der Waals surface area contributed by atoms with Crippen LogP contribution in [-0.4, -0.2) is 40.1 Å². The van der Waals surface area contributed by atoms with Gasteiger partial charge >= 0.3 is 0 Å². The van der Waals surface area contributed by atoms with Crippen molar-refractivity contribution in [1.82, 2.24) is 15.0 Å². The summed E-state index contributed by atoms with van der Waals surface area (Å²) in [6.45, 7) is 1.78. The van der Waals surface area contributed by atoms with E-state index in [1.807, 2.05) is 36.4 Å². The van der Waals surface area contributed by atoms with E-state index < -0.39 is 0 Å². The van der Waals surface area contributed by atoms with Crippen LogP contribution in [0.3, 0.4) is 0 Å². The third kappa shape index (κ3) is 3.39.